The van der Waals surface area contributed by atoms with Crippen molar-refractivity contribution in [1.29, 1.82) is 0 Å². The van der Waals surface area contributed by atoms with Gasteiger partial charge in [-0.15, -0.1) is 0 Å². The van der Waals surface area contributed by atoms with Gasteiger partial charge in [0.2, 0.25) is 5.75 Å². The lowest BCUT2D eigenvalue weighted by Gasteiger charge is -2.13. The van der Waals surface area contributed by atoms with Crippen LogP contribution in [0.3, 0.4) is 0 Å². The number of methoxy groups -OCH3 is 4. The first kappa shape index (κ1) is 17.4. The third-order valence-corrected chi connectivity index (χ3v) is 3.51. The van der Waals surface area contributed by atoms with Crippen LogP contribution in [-0.2, 0) is 9.53 Å². The number of aliphatic hydroxyl groups is 1. The number of nitrogens with zero attached hydrogens (tertiary/aromatic N) is 1. The Labute approximate surface area is 139 Å². The number of ether oxygens (including phenoxy) is 4. The second-order valence-corrected chi connectivity index (χ2v) is 4.90. The number of hydrogen-bond donors (Lipinski definition) is 1. The van der Waals surface area contributed by atoms with Crippen LogP contribution >= 0.6 is 0 Å². The lowest BCUT2D eigenvalue weighted by Crippen LogP contribution is -2.11. The van der Waals surface area contributed by atoms with Gasteiger partial charge in [-0.2, -0.15) is 0 Å². The van der Waals surface area contributed by atoms with Gasteiger partial charge in [0.15, 0.2) is 17.3 Å². The van der Waals surface area contributed by atoms with Gasteiger partial charge in [0.1, 0.15) is 11.3 Å². The van der Waals surface area contributed by atoms with Gasteiger partial charge in [0.05, 0.1) is 34.2 Å². The summed E-state index contributed by atoms with van der Waals surface area (Å²) in [7, 11) is 5.79. The first-order valence-corrected chi connectivity index (χ1v) is 7.06. The van der Waals surface area contributed by atoms with Crippen LogP contribution in [0.2, 0.25) is 0 Å². The Morgan fingerprint density at radius 1 is 1.08 bits per heavy atom. The predicted octanol–water partition coefficient (Wildman–Crippen LogP) is 2.51. The SMILES string of the molecule is COC(=O)C1=C(O)/C(=C\c2cc(OC)c(OC)c(OC)c2)N=C1C. The highest BCUT2D eigenvalue weighted by Crippen LogP contribution is 2.39. The molecule has 0 atom stereocenters. The van der Waals surface area contributed by atoms with E-state index in [1.807, 2.05) is 0 Å². The molecule has 128 valence electrons. The third-order valence-electron chi connectivity index (χ3n) is 3.51. The lowest BCUT2D eigenvalue weighted by atomic mass is 10.1. The summed E-state index contributed by atoms with van der Waals surface area (Å²) < 4.78 is 20.5. The Morgan fingerprint density at radius 3 is 2.12 bits per heavy atom. The van der Waals surface area contributed by atoms with Crippen molar-refractivity contribution in [2.45, 2.75) is 6.92 Å². The Kier molecular flexibility index (Phi) is 5.13. The van der Waals surface area contributed by atoms with E-state index in [-0.39, 0.29) is 17.0 Å². The molecule has 7 nitrogen and oxygen atoms in total. The minimum Gasteiger partial charge on any atom is -0.505 e. The maximum absolute atomic E-state index is 11.7. The summed E-state index contributed by atoms with van der Waals surface area (Å²) >= 11 is 0. The van der Waals surface area contributed by atoms with Crippen LogP contribution in [0.15, 0.2) is 34.2 Å². The van der Waals surface area contributed by atoms with E-state index < -0.39 is 5.97 Å². The van der Waals surface area contributed by atoms with E-state index in [4.69, 9.17) is 14.2 Å². The average Bonchev–Trinajstić information content (AvgIpc) is 2.86. The second kappa shape index (κ2) is 7.08. The average molecular weight is 333 g/mol. The Hall–Kier alpha value is -2.96. The molecule has 0 radical (unpaired) electrons. The maximum atomic E-state index is 11.7. The minimum absolute atomic E-state index is 0.0520. The second-order valence-electron chi connectivity index (χ2n) is 4.90. The molecule has 1 N–H and O–H groups in total. The highest BCUT2D eigenvalue weighted by atomic mass is 16.5. The fourth-order valence-electron chi connectivity index (χ4n) is 2.38. The normalized spacial score (nSPS) is 15.4. The standard InChI is InChI=1S/C17H19NO6/c1-9-14(17(20)24-5)15(19)11(18-9)6-10-7-12(21-2)16(23-4)13(8-10)22-3/h6-8,19H,1-5H3/b11-6+. The van der Waals surface area contributed by atoms with Crippen molar-refractivity contribution >= 4 is 17.8 Å². The third kappa shape index (κ3) is 3.05. The summed E-state index contributed by atoms with van der Waals surface area (Å²) in [5.41, 5.74) is 1.35. The van der Waals surface area contributed by atoms with E-state index in [9.17, 15) is 9.90 Å². The summed E-state index contributed by atoms with van der Waals surface area (Å²) in [5.74, 6) is 0.538. The van der Waals surface area contributed by atoms with Crippen LogP contribution in [0.5, 0.6) is 17.2 Å². The fraction of sp³-hybridized carbons (Fsp3) is 0.294. The van der Waals surface area contributed by atoms with Crippen molar-refractivity contribution in [1.82, 2.24) is 0 Å². The molecule has 0 fully saturated rings. The van der Waals surface area contributed by atoms with Crippen LogP contribution < -0.4 is 14.2 Å². The Balaban J connectivity index is 2.53. The smallest absolute Gasteiger partial charge is 0.343 e. The van der Waals surface area contributed by atoms with Crippen molar-refractivity contribution in [2.24, 2.45) is 4.99 Å². The van der Waals surface area contributed by atoms with Crippen LogP contribution in [0.25, 0.3) is 6.08 Å². The van der Waals surface area contributed by atoms with Crippen LogP contribution in [0.4, 0.5) is 0 Å². The highest BCUT2D eigenvalue weighted by molar-refractivity contribution is 6.21. The minimum atomic E-state index is -0.637. The molecular formula is C17H19NO6. The van der Waals surface area contributed by atoms with Crippen LogP contribution in [0.1, 0.15) is 12.5 Å². The predicted molar refractivity (Wildman–Crippen MR) is 88.9 cm³/mol. The van der Waals surface area contributed by atoms with Gasteiger partial charge in [0, 0.05) is 0 Å². The molecule has 0 aromatic heterocycles. The zero-order valence-electron chi connectivity index (χ0n) is 14.2. The van der Waals surface area contributed by atoms with Crippen molar-refractivity contribution in [3.63, 3.8) is 0 Å². The molecule has 2 rings (SSSR count). The van der Waals surface area contributed by atoms with Gasteiger partial charge in [-0.25, -0.2) is 9.79 Å². The highest BCUT2D eigenvalue weighted by Gasteiger charge is 2.27. The number of rotatable bonds is 5. The zero-order valence-corrected chi connectivity index (χ0v) is 14.2. The van der Waals surface area contributed by atoms with Crippen molar-refractivity contribution in [2.75, 3.05) is 28.4 Å². The van der Waals surface area contributed by atoms with Gasteiger partial charge in [-0.05, 0) is 30.7 Å². The van der Waals surface area contributed by atoms with E-state index in [0.717, 1.165) is 0 Å². The first-order chi connectivity index (χ1) is 11.5. The molecule has 1 heterocycles. The summed E-state index contributed by atoms with van der Waals surface area (Å²) in [6, 6.07) is 3.42. The topological polar surface area (TPSA) is 86.6 Å². The number of carbonyl (C=O) groups is 1. The molecule has 0 spiro atoms. The van der Waals surface area contributed by atoms with E-state index >= 15 is 0 Å². The molecule has 0 unspecified atom stereocenters. The number of esters is 1. The van der Waals surface area contributed by atoms with Crippen molar-refractivity contribution < 1.29 is 28.8 Å². The van der Waals surface area contributed by atoms with Gasteiger partial charge < -0.3 is 24.1 Å². The van der Waals surface area contributed by atoms with E-state index in [0.29, 0.717) is 28.5 Å². The Morgan fingerprint density at radius 2 is 1.67 bits per heavy atom. The largest absolute Gasteiger partial charge is 0.505 e. The van der Waals surface area contributed by atoms with Crippen molar-refractivity contribution in [3.05, 3.63) is 34.7 Å². The summed E-state index contributed by atoms with van der Waals surface area (Å²) in [6.07, 6.45) is 1.61. The zero-order chi connectivity index (χ0) is 17.9. The Bertz CT molecular complexity index is 735. The molecule has 0 aliphatic carbocycles. The van der Waals surface area contributed by atoms with Gasteiger partial charge in [0.25, 0.3) is 0 Å². The molecule has 7 heteroatoms. The van der Waals surface area contributed by atoms with Gasteiger partial charge in [-0.1, -0.05) is 0 Å². The molecule has 1 aliphatic heterocycles. The van der Waals surface area contributed by atoms with Crippen molar-refractivity contribution in [3.8, 4) is 17.2 Å². The number of benzene rings is 1. The number of aliphatic imine (C=N–C) groups is 1. The lowest BCUT2D eigenvalue weighted by molar-refractivity contribution is -0.135. The molecule has 24 heavy (non-hydrogen) atoms. The molecule has 1 aromatic rings. The summed E-state index contributed by atoms with van der Waals surface area (Å²) in [6.45, 7) is 1.62. The molecule has 0 bridgehead atoms. The van der Waals surface area contributed by atoms with Gasteiger partial charge in [-0.3, -0.25) is 0 Å². The monoisotopic (exact) mass is 333 g/mol. The molecule has 0 saturated carbocycles. The number of aliphatic hydroxyl groups excluding tert-OH is 1. The first-order valence-electron chi connectivity index (χ1n) is 7.06. The number of carbonyl (C=O) groups excluding carboxylic acids is 1. The maximum Gasteiger partial charge on any atom is 0.343 e. The molecule has 0 amide bonds. The quantitative estimate of drug-likeness (QED) is 0.833. The fourth-order valence-corrected chi connectivity index (χ4v) is 2.38. The van der Waals surface area contributed by atoms with E-state index in [2.05, 4.69) is 9.73 Å². The van der Waals surface area contributed by atoms with E-state index in [1.54, 1.807) is 25.1 Å². The summed E-state index contributed by atoms with van der Waals surface area (Å²) in [4.78, 5) is 15.9. The van der Waals surface area contributed by atoms with Gasteiger partial charge >= 0.3 is 5.97 Å². The number of hydrogen-bond acceptors (Lipinski definition) is 7. The molecule has 1 aromatic carbocycles. The van der Waals surface area contributed by atoms with Crippen LogP contribution in [-0.4, -0.2) is 45.2 Å². The molecular weight excluding hydrogens is 314 g/mol. The molecule has 0 saturated heterocycles. The van der Waals surface area contributed by atoms with Crippen LogP contribution in [0, 0.1) is 0 Å². The van der Waals surface area contributed by atoms with E-state index in [1.165, 1.54) is 28.4 Å². The molecule has 1 aliphatic rings. The summed E-state index contributed by atoms with van der Waals surface area (Å²) in [5, 5.41) is 10.2.